The molecule has 3 aromatic carbocycles. The van der Waals surface area contributed by atoms with Gasteiger partial charge in [-0.15, -0.1) is 0 Å². The first-order valence-corrected chi connectivity index (χ1v) is 9.89. The molecule has 0 radical (unpaired) electrons. The Bertz CT molecular complexity index is 1150. The summed E-state index contributed by atoms with van der Waals surface area (Å²) < 4.78 is 11.8. The molecular formula is C24H18Cl2O3. The van der Waals surface area contributed by atoms with Crippen molar-refractivity contribution in [1.29, 1.82) is 0 Å². The van der Waals surface area contributed by atoms with E-state index in [1.807, 2.05) is 31.2 Å². The average Bonchev–Trinajstić information content (AvgIpc) is 3.00. The Balaban J connectivity index is 1.58. The number of ketones is 1. The van der Waals surface area contributed by atoms with Crippen LogP contribution in [0.4, 0.5) is 0 Å². The fraction of sp³-hybridized carbons (Fsp3) is 0.125. The number of allylic oxidation sites excluding steroid dienone is 1. The molecule has 0 N–H and O–H groups in total. The molecule has 0 fully saturated rings. The Kier molecular flexibility index (Phi) is 5.35. The van der Waals surface area contributed by atoms with Gasteiger partial charge in [-0.2, -0.15) is 0 Å². The lowest BCUT2D eigenvalue weighted by Crippen LogP contribution is -2.00. The SMILES string of the molecule is Cc1ccccc1COc1cc(C)c2c(c1)O/C(=C\c1ccc(Cl)c(Cl)c1)C2=O. The zero-order valence-electron chi connectivity index (χ0n) is 16.0. The minimum atomic E-state index is -0.158. The smallest absolute Gasteiger partial charge is 0.232 e. The number of carbonyl (C=O) groups is 1. The van der Waals surface area contributed by atoms with Crippen LogP contribution in [0.15, 0.2) is 60.4 Å². The van der Waals surface area contributed by atoms with Gasteiger partial charge in [0.05, 0.1) is 15.6 Å². The van der Waals surface area contributed by atoms with E-state index in [-0.39, 0.29) is 11.5 Å². The summed E-state index contributed by atoms with van der Waals surface area (Å²) in [6.45, 7) is 4.38. The second-order valence-corrected chi connectivity index (χ2v) is 7.76. The van der Waals surface area contributed by atoms with Gasteiger partial charge in [-0.1, -0.05) is 53.5 Å². The van der Waals surface area contributed by atoms with Crippen molar-refractivity contribution in [3.05, 3.63) is 98.2 Å². The van der Waals surface area contributed by atoms with Crippen molar-refractivity contribution in [3.63, 3.8) is 0 Å². The second kappa shape index (κ2) is 7.94. The summed E-state index contributed by atoms with van der Waals surface area (Å²) in [6.07, 6.45) is 1.66. The van der Waals surface area contributed by atoms with E-state index in [9.17, 15) is 4.79 Å². The fourth-order valence-corrected chi connectivity index (χ4v) is 3.55. The molecule has 1 heterocycles. The van der Waals surface area contributed by atoms with Gasteiger partial charge in [0.1, 0.15) is 18.1 Å². The van der Waals surface area contributed by atoms with E-state index in [4.69, 9.17) is 32.7 Å². The molecule has 146 valence electrons. The van der Waals surface area contributed by atoms with Gasteiger partial charge in [0.15, 0.2) is 5.76 Å². The number of hydrogen-bond donors (Lipinski definition) is 0. The Morgan fingerprint density at radius 1 is 0.966 bits per heavy atom. The predicted molar refractivity (Wildman–Crippen MR) is 116 cm³/mol. The van der Waals surface area contributed by atoms with Crippen molar-refractivity contribution >= 4 is 35.1 Å². The number of Topliss-reactive ketones (excluding diaryl/α,β-unsaturated/α-hetero) is 1. The molecule has 0 saturated carbocycles. The van der Waals surface area contributed by atoms with Crippen molar-refractivity contribution in [1.82, 2.24) is 0 Å². The summed E-state index contributed by atoms with van der Waals surface area (Å²) in [5.74, 6) is 1.25. The highest BCUT2D eigenvalue weighted by Gasteiger charge is 2.30. The number of aryl methyl sites for hydroxylation is 2. The lowest BCUT2D eigenvalue weighted by atomic mass is 10.0. The fourth-order valence-electron chi connectivity index (χ4n) is 3.25. The minimum Gasteiger partial charge on any atom is -0.489 e. The number of rotatable bonds is 4. The highest BCUT2D eigenvalue weighted by molar-refractivity contribution is 6.42. The zero-order valence-corrected chi connectivity index (χ0v) is 17.5. The predicted octanol–water partition coefficient (Wildman–Crippen LogP) is 6.81. The van der Waals surface area contributed by atoms with Crippen LogP contribution in [0.2, 0.25) is 10.0 Å². The summed E-state index contributed by atoms with van der Waals surface area (Å²) in [6, 6.07) is 16.9. The summed E-state index contributed by atoms with van der Waals surface area (Å²) in [5, 5.41) is 0.883. The van der Waals surface area contributed by atoms with Gasteiger partial charge in [-0.3, -0.25) is 4.79 Å². The molecule has 0 aromatic heterocycles. The highest BCUT2D eigenvalue weighted by Crippen LogP contribution is 2.38. The summed E-state index contributed by atoms with van der Waals surface area (Å²) in [7, 11) is 0. The van der Waals surface area contributed by atoms with Crippen molar-refractivity contribution < 1.29 is 14.3 Å². The lowest BCUT2D eigenvalue weighted by Gasteiger charge is -2.10. The highest BCUT2D eigenvalue weighted by atomic mass is 35.5. The van der Waals surface area contributed by atoms with Crippen LogP contribution < -0.4 is 9.47 Å². The third kappa shape index (κ3) is 4.02. The molecule has 4 rings (SSSR count). The molecule has 5 heteroatoms. The van der Waals surface area contributed by atoms with Crippen LogP contribution >= 0.6 is 23.2 Å². The normalized spacial score (nSPS) is 14.1. The van der Waals surface area contributed by atoms with Crippen LogP contribution in [0.1, 0.15) is 32.6 Å². The minimum absolute atomic E-state index is 0.158. The van der Waals surface area contributed by atoms with Crippen LogP contribution in [0.25, 0.3) is 6.08 Å². The zero-order chi connectivity index (χ0) is 20.5. The molecule has 3 nitrogen and oxygen atoms in total. The second-order valence-electron chi connectivity index (χ2n) is 6.94. The topological polar surface area (TPSA) is 35.5 Å². The van der Waals surface area contributed by atoms with Crippen molar-refractivity contribution in [2.75, 3.05) is 0 Å². The van der Waals surface area contributed by atoms with Crippen LogP contribution in [0.3, 0.4) is 0 Å². The van der Waals surface area contributed by atoms with Gasteiger partial charge in [0, 0.05) is 6.07 Å². The molecule has 3 aromatic rings. The molecule has 0 unspecified atom stereocenters. The molecular weight excluding hydrogens is 407 g/mol. The van der Waals surface area contributed by atoms with E-state index in [2.05, 4.69) is 13.0 Å². The standard InChI is InChI=1S/C24H18Cl2O3/c1-14-5-3-4-6-17(14)13-28-18-9-15(2)23-21(12-18)29-22(24(23)27)11-16-7-8-19(25)20(26)10-16/h3-12H,13H2,1-2H3/b22-11-. The Morgan fingerprint density at radius 2 is 1.76 bits per heavy atom. The first-order chi connectivity index (χ1) is 13.9. The third-order valence-corrected chi connectivity index (χ3v) is 5.58. The first kappa shape index (κ1) is 19.6. The number of ether oxygens (including phenoxy) is 2. The van der Waals surface area contributed by atoms with Gasteiger partial charge in [-0.05, 0) is 60.4 Å². The number of benzene rings is 3. The van der Waals surface area contributed by atoms with Crippen LogP contribution in [0.5, 0.6) is 11.5 Å². The summed E-state index contributed by atoms with van der Waals surface area (Å²) >= 11 is 12.0. The molecule has 0 bridgehead atoms. The van der Waals surface area contributed by atoms with Crippen molar-refractivity contribution in [3.8, 4) is 11.5 Å². The number of hydrogen-bond acceptors (Lipinski definition) is 3. The molecule has 1 aliphatic heterocycles. The molecule has 0 spiro atoms. The Hall–Kier alpha value is -2.75. The molecule has 1 aliphatic rings. The maximum Gasteiger partial charge on any atom is 0.232 e. The summed E-state index contributed by atoms with van der Waals surface area (Å²) in [5.41, 5.74) is 4.39. The Labute approximate surface area is 179 Å². The average molecular weight is 425 g/mol. The van der Waals surface area contributed by atoms with Crippen LogP contribution in [0, 0.1) is 13.8 Å². The van der Waals surface area contributed by atoms with Gasteiger partial charge in [-0.25, -0.2) is 0 Å². The van der Waals surface area contributed by atoms with Crippen molar-refractivity contribution in [2.24, 2.45) is 0 Å². The first-order valence-electron chi connectivity index (χ1n) is 9.13. The number of halogens is 2. The van der Waals surface area contributed by atoms with E-state index in [1.54, 1.807) is 30.3 Å². The van der Waals surface area contributed by atoms with E-state index < -0.39 is 0 Å². The molecule has 29 heavy (non-hydrogen) atoms. The molecule has 0 aliphatic carbocycles. The molecule has 0 atom stereocenters. The van der Waals surface area contributed by atoms with Crippen LogP contribution in [-0.2, 0) is 6.61 Å². The maximum atomic E-state index is 12.8. The van der Waals surface area contributed by atoms with Gasteiger partial charge >= 0.3 is 0 Å². The number of carbonyl (C=O) groups excluding carboxylic acids is 1. The van der Waals surface area contributed by atoms with Crippen LogP contribution in [-0.4, -0.2) is 5.78 Å². The van der Waals surface area contributed by atoms with E-state index >= 15 is 0 Å². The van der Waals surface area contributed by atoms with E-state index in [1.165, 1.54) is 5.56 Å². The lowest BCUT2D eigenvalue weighted by molar-refractivity contribution is 0.101. The maximum absolute atomic E-state index is 12.8. The molecule has 0 saturated heterocycles. The monoisotopic (exact) mass is 424 g/mol. The van der Waals surface area contributed by atoms with E-state index in [0.29, 0.717) is 33.7 Å². The quantitative estimate of drug-likeness (QED) is 0.431. The van der Waals surface area contributed by atoms with Gasteiger partial charge < -0.3 is 9.47 Å². The Morgan fingerprint density at radius 3 is 2.52 bits per heavy atom. The van der Waals surface area contributed by atoms with Gasteiger partial charge in [0.25, 0.3) is 0 Å². The van der Waals surface area contributed by atoms with Gasteiger partial charge in [0.2, 0.25) is 5.78 Å². The summed E-state index contributed by atoms with van der Waals surface area (Å²) in [4.78, 5) is 12.8. The van der Waals surface area contributed by atoms with E-state index in [0.717, 1.165) is 16.7 Å². The molecule has 0 amide bonds. The third-order valence-electron chi connectivity index (χ3n) is 4.84. The number of fused-ring (bicyclic) bond motifs is 1. The largest absolute Gasteiger partial charge is 0.489 e. The van der Waals surface area contributed by atoms with Crippen molar-refractivity contribution in [2.45, 2.75) is 20.5 Å².